The second kappa shape index (κ2) is 2.85. The van der Waals surface area contributed by atoms with Crippen LogP contribution in [0.2, 0.25) is 0 Å². The second-order valence-electron chi connectivity index (χ2n) is 4.26. The number of hydrogen-bond donors (Lipinski definition) is 0. The molecule has 0 N–H and O–H groups in total. The van der Waals surface area contributed by atoms with Crippen LogP contribution in [0, 0.1) is 5.41 Å². The van der Waals surface area contributed by atoms with Gasteiger partial charge in [0.25, 0.3) is 0 Å². The molecule has 1 fully saturated rings. The summed E-state index contributed by atoms with van der Waals surface area (Å²) in [5, 5.41) is 0. The maximum atomic E-state index is 6.03. The van der Waals surface area contributed by atoms with E-state index in [-0.39, 0.29) is 7.80 Å². The summed E-state index contributed by atoms with van der Waals surface area (Å²) < 4.78 is 0. The lowest BCUT2D eigenvalue weighted by Crippen LogP contribution is -2.21. The summed E-state index contributed by atoms with van der Waals surface area (Å²) in [5.74, 6) is 0. The third-order valence-corrected chi connectivity index (χ3v) is 4.96. The van der Waals surface area contributed by atoms with Crippen LogP contribution in [-0.4, -0.2) is 19.4 Å². The zero-order valence-electron chi connectivity index (χ0n) is 7.22. The Hall–Kier alpha value is 0.495. The van der Waals surface area contributed by atoms with E-state index in [2.05, 4.69) is 20.8 Å². The highest BCUT2D eigenvalue weighted by atomic mass is 31.1. The van der Waals surface area contributed by atoms with Gasteiger partial charge in [0.05, 0.1) is 0 Å². The molecule has 2 atom stereocenters. The summed E-state index contributed by atoms with van der Waals surface area (Å²) in [7, 11) is 5.91. The van der Waals surface area contributed by atoms with Crippen molar-refractivity contribution in [1.82, 2.24) is 0 Å². The predicted molar refractivity (Wildman–Crippen MR) is 50.0 cm³/mol. The zero-order chi connectivity index (χ0) is 7.78. The fourth-order valence-electron chi connectivity index (χ4n) is 1.72. The van der Waals surface area contributed by atoms with Crippen molar-refractivity contribution in [3.05, 3.63) is 0 Å². The normalized spacial score (nSPS) is 34.7. The third kappa shape index (κ3) is 1.75. The molecular formula is C8H16BP. The summed E-state index contributed by atoms with van der Waals surface area (Å²) in [6.45, 7) is 6.93. The van der Waals surface area contributed by atoms with E-state index in [1.807, 2.05) is 0 Å². The molecule has 1 saturated heterocycles. The Morgan fingerprint density at radius 1 is 1.40 bits per heavy atom. The molecule has 1 aliphatic heterocycles. The van der Waals surface area contributed by atoms with Crippen molar-refractivity contribution in [3.63, 3.8) is 0 Å². The van der Waals surface area contributed by atoms with E-state index in [1.54, 1.807) is 0 Å². The third-order valence-electron chi connectivity index (χ3n) is 2.29. The molecule has 1 heterocycles. The Labute approximate surface area is 66.9 Å². The minimum atomic E-state index is -0.117. The van der Waals surface area contributed by atoms with Gasteiger partial charge >= 0.3 is 0 Å². The van der Waals surface area contributed by atoms with Crippen LogP contribution in [-0.2, 0) is 0 Å². The highest BCUT2D eigenvalue weighted by Gasteiger charge is 2.31. The van der Waals surface area contributed by atoms with Gasteiger partial charge in [-0.15, -0.1) is 0 Å². The fourth-order valence-corrected chi connectivity index (χ4v) is 4.09. The maximum Gasteiger partial charge on any atom is 0.109 e. The van der Waals surface area contributed by atoms with E-state index in [1.165, 1.54) is 19.0 Å². The van der Waals surface area contributed by atoms with E-state index < -0.39 is 0 Å². The first-order valence-electron chi connectivity index (χ1n) is 4.03. The van der Waals surface area contributed by atoms with Gasteiger partial charge in [0.1, 0.15) is 7.57 Å². The van der Waals surface area contributed by atoms with Gasteiger partial charge in [-0.3, -0.25) is 0 Å². The van der Waals surface area contributed by atoms with Gasteiger partial charge in [-0.1, -0.05) is 20.8 Å². The second-order valence-corrected chi connectivity index (χ2v) is 6.36. The molecule has 0 bridgehead atoms. The molecule has 1 rings (SSSR count). The van der Waals surface area contributed by atoms with Crippen LogP contribution in [0.3, 0.4) is 0 Å². The summed E-state index contributed by atoms with van der Waals surface area (Å²) in [6.07, 6.45) is 4.03. The first-order valence-corrected chi connectivity index (χ1v) is 5.69. The van der Waals surface area contributed by atoms with Crippen molar-refractivity contribution in [2.45, 2.75) is 39.3 Å². The van der Waals surface area contributed by atoms with Gasteiger partial charge in [0.2, 0.25) is 0 Å². The summed E-state index contributed by atoms with van der Waals surface area (Å²) in [6, 6.07) is 0. The van der Waals surface area contributed by atoms with Crippen LogP contribution in [0.25, 0.3) is 0 Å². The number of rotatable bonds is 0. The Morgan fingerprint density at radius 2 is 2.00 bits per heavy atom. The summed E-state index contributed by atoms with van der Waals surface area (Å²) in [5.41, 5.74) is 1.28. The zero-order valence-corrected chi connectivity index (χ0v) is 8.12. The van der Waals surface area contributed by atoms with Gasteiger partial charge in [-0.25, -0.2) is 0 Å². The lowest BCUT2D eigenvalue weighted by molar-refractivity contribution is 0.384. The Balaban J connectivity index is 2.55. The van der Waals surface area contributed by atoms with Crippen molar-refractivity contribution < 1.29 is 0 Å². The van der Waals surface area contributed by atoms with Crippen LogP contribution < -0.4 is 0 Å². The minimum Gasteiger partial charge on any atom is -0.153 e. The summed E-state index contributed by atoms with van der Waals surface area (Å²) in [4.78, 5) is 0. The average Bonchev–Trinajstić information content (AvgIpc) is 2.11. The molecule has 2 radical (unpaired) electrons. The van der Waals surface area contributed by atoms with Crippen LogP contribution in [0.1, 0.15) is 33.6 Å². The highest BCUT2D eigenvalue weighted by Crippen LogP contribution is 2.52. The highest BCUT2D eigenvalue weighted by molar-refractivity contribution is 7.83. The van der Waals surface area contributed by atoms with Crippen molar-refractivity contribution in [1.29, 1.82) is 0 Å². The monoisotopic (exact) mass is 154 g/mol. The molecule has 0 aromatic carbocycles. The molecule has 0 saturated carbocycles. The largest absolute Gasteiger partial charge is 0.153 e. The summed E-state index contributed by atoms with van der Waals surface area (Å²) >= 11 is 0. The molecule has 56 valence electrons. The molecule has 0 spiro atoms. The Bertz CT molecular complexity index is 117. The Kier molecular flexibility index (Phi) is 2.45. The van der Waals surface area contributed by atoms with Crippen LogP contribution in [0.15, 0.2) is 0 Å². The van der Waals surface area contributed by atoms with Gasteiger partial charge in [-0.05, 0) is 30.1 Å². The fraction of sp³-hybridized carbons (Fsp3) is 1.00. The van der Waals surface area contributed by atoms with Crippen LogP contribution >= 0.6 is 7.80 Å². The first kappa shape index (κ1) is 8.59. The van der Waals surface area contributed by atoms with Gasteiger partial charge < -0.3 is 0 Å². The van der Waals surface area contributed by atoms with Crippen LogP contribution in [0.5, 0.6) is 0 Å². The van der Waals surface area contributed by atoms with Crippen molar-refractivity contribution >= 4 is 15.4 Å². The molecule has 0 amide bonds. The molecule has 0 nitrogen and oxygen atoms in total. The molecule has 2 heteroatoms. The molecule has 1 unspecified atom stereocenters. The molecule has 0 aliphatic carbocycles. The van der Waals surface area contributed by atoms with Gasteiger partial charge in [-0.2, -0.15) is 7.80 Å². The smallest absolute Gasteiger partial charge is 0.109 e. The molecule has 1 aliphatic rings. The predicted octanol–water partition coefficient (Wildman–Crippen LogP) is 2.76. The van der Waals surface area contributed by atoms with Crippen molar-refractivity contribution in [2.75, 3.05) is 6.16 Å². The lowest BCUT2D eigenvalue weighted by atomic mass is 9.89. The molecular weight excluding hydrogens is 138 g/mol. The Morgan fingerprint density at radius 3 is 2.20 bits per heavy atom. The standard InChI is InChI=1S/C8H16BP/c1-8(2,3)7-5-4-6-10(7)9/h7H,4-6H2,1-3H3/t7-,10?/m1/s1. The van der Waals surface area contributed by atoms with Gasteiger partial charge in [0.15, 0.2) is 0 Å². The number of hydrogen-bond acceptors (Lipinski definition) is 0. The SMILES string of the molecule is [B]P1CCC[C@@H]1C(C)(C)C. The molecule has 0 aromatic heterocycles. The topological polar surface area (TPSA) is 0 Å². The van der Waals surface area contributed by atoms with E-state index in [0.717, 1.165) is 5.66 Å². The van der Waals surface area contributed by atoms with E-state index >= 15 is 0 Å². The first-order chi connectivity index (χ1) is 4.52. The van der Waals surface area contributed by atoms with E-state index in [9.17, 15) is 0 Å². The lowest BCUT2D eigenvalue weighted by Gasteiger charge is -2.31. The van der Waals surface area contributed by atoms with Gasteiger partial charge in [0, 0.05) is 0 Å². The van der Waals surface area contributed by atoms with E-state index in [4.69, 9.17) is 7.57 Å². The molecule has 0 aromatic rings. The molecule has 10 heavy (non-hydrogen) atoms. The van der Waals surface area contributed by atoms with Crippen molar-refractivity contribution in [2.24, 2.45) is 5.41 Å². The van der Waals surface area contributed by atoms with Crippen molar-refractivity contribution in [3.8, 4) is 0 Å². The quantitative estimate of drug-likeness (QED) is 0.371. The average molecular weight is 154 g/mol. The minimum absolute atomic E-state index is 0.117. The maximum absolute atomic E-state index is 6.03. The van der Waals surface area contributed by atoms with Crippen LogP contribution in [0.4, 0.5) is 0 Å². The van der Waals surface area contributed by atoms with E-state index in [0.29, 0.717) is 5.41 Å².